The summed E-state index contributed by atoms with van der Waals surface area (Å²) in [5.41, 5.74) is 4.88. The number of aromatic nitrogens is 3. The van der Waals surface area contributed by atoms with Crippen molar-refractivity contribution in [3.8, 4) is 0 Å². The molecule has 0 spiro atoms. The van der Waals surface area contributed by atoms with Crippen molar-refractivity contribution in [3.05, 3.63) is 29.7 Å². The monoisotopic (exact) mass is 492 g/mol. The first-order valence-corrected chi connectivity index (χ1v) is 10.6. The molecule has 3 atom stereocenters. The number of hydrogen-bond donors (Lipinski definition) is 2. The lowest BCUT2D eigenvalue weighted by molar-refractivity contribution is -0.248. The average Bonchev–Trinajstić information content (AvgIpc) is 3.43. The van der Waals surface area contributed by atoms with Crippen LogP contribution in [-0.4, -0.2) is 76.1 Å². The van der Waals surface area contributed by atoms with Crippen LogP contribution in [0.4, 0.5) is 26.7 Å². The third kappa shape index (κ3) is 4.66. The molecule has 2 aromatic rings. The van der Waals surface area contributed by atoms with Crippen molar-refractivity contribution in [1.82, 2.24) is 24.8 Å². The highest BCUT2D eigenvalue weighted by atomic mass is 19.4. The van der Waals surface area contributed by atoms with Crippen molar-refractivity contribution in [2.75, 3.05) is 26.8 Å². The number of rotatable bonds is 8. The van der Waals surface area contributed by atoms with E-state index in [0.717, 1.165) is 4.90 Å². The zero-order valence-electron chi connectivity index (χ0n) is 18.5. The van der Waals surface area contributed by atoms with E-state index in [-0.39, 0.29) is 30.8 Å². The van der Waals surface area contributed by atoms with Crippen LogP contribution < -0.4 is 11.1 Å². The van der Waals surface area contributed by atoms with E-state index < -0.39 is 55.0 Å². The summed E-state index contributed by atoms with van der Waals surface area (Å²) in [6.07, 6.45) is -2.85. The maximum absolute atomic E-state index is 13.9. The number of nitrogens with zero attached hydrogens (tertiary/aromatic N) is 4. The fourth-order valence-corrected chi connectivity index (χ4v) is 3.96. The molecule has 1 unspecified atom stereocenters. The molecule has 2 aliphatic rings. The lowest BCUT2D eigenvalue weighted by atomic mass is 10.1. The molecule has 4 rings (SSSR count). The van der Waals surface area contributed by atoms with Crippen molar-refractivity contribution in [1.29, 1.82) is 0 Å². The fraction of sp³-hybridized carbons (Fsp3) is 0.650. The highest BCUT2D eigenvalue weighted by Crippen LogP contribution is 2.53. The summed E-state index contributed by atoms with van der Waals surface area (Å²) in [5, 5.41) is 6.37. The van der Waals surface area contributed by atoms with Crippen LogP contribution in [-0.2, 0) is 9.47 Å². The molecule has 188 valence electrons. The first-order valence-electron chi connectivity index (χ1n) is 10.6. The summed E-state index contributed by atoms with van der Waals surface area (Å²) < 4.78 is 79.3. The number of carbonyl (C=O) groups is 1. The Kier molecular flexibility index (Phi) is 6.19. The molecule has 9 nitrogen and oxygen atoms in total. The second-order valence-electron chi connectivity index (χ2n) is 8.71. The van der Waals surface area contributed by atoms with Crippen LogP contribution in [0.5, 0.6) is 0 Å². The molecule has 3 heterocycles. The van der Waals surface area contributed by atoms with E-state index in [1.165, 1.54) is 37.0 Å². The Balaban J connectivity index is 1.56. The highest BCUT2D eigenvalue weighted by Gasteiger charge is 2.65. The van der Waals surface area contributed by atoms with Gasteiger partial charge in [-0.15, -0.1) is 0 Å². The molecule has 0 radical (unpaired) electrons. The molecule has 1 aliphatic heterocycles. The van der Waals surface area contributed by atoms with Crippen LogP contribution in [0.25, 0.3) is 5.65 Å². The normalized spacial score (nSPS) is 22.4. The van der Waals surface area contributed by atoms with Crippen molar-refractivity contribution in [2.45, 2.75) is 55.7 Å². The van der Waals surface area contributed by atoms with E-state index >= 15 is 0 Å². The molecular weight excluding hydrogens is 467 g/mol. The van der Waals surface area contributed by atoms with Gasteiger partial charge in [0.05, 0.1) is 56.0 Å². The Morgan fingerprint density at radius 2 is 2.03 bits per heavy atom. The van der Waals surface area contributed by atoms with E-state index in [2.05, 4.69) is 15.4 Å². The van der Waals surface area contributed by atoms with E-state index in [1.807, 2.05) is 0 Å². The predicted octanol–water partition coefficient (Wildman–Crippen LogP) is 2.58. The minimum Gasteiger partial charge on any atom is -0.382 e. The number of carbonyl (C=O) groups excluding carboxylic acids is 1. The minimum absolute atomic E-state index is 0.0706. The number of hydrogen-bond acceptors (Lipinski definition) is 6. The standard InChI is InChI=1S/C20H25F5N6O3/c1-11(34-18(3-4-18)20(23,24)25)16(26)13-7-31-15(29-13)5-12(6-28-31)14(8-33-2)30-10-19(21,22)9-27-17(30)32/h5-7,11,14,16H,3-4,8-10,26H2,1-2H3,(H,27,32)/t11?,14-,16+/m1/s1. The van der Waals surface area contributed by atoms with Gasteiger partial charge in [0.1, 0.15) is 0 Å². The summed E-state index contributed by atoms with van der Waals surface area (Å²) in [6, 6.07) is -0.961. The molecular formula is C20H25F5N6O3. The number of ether oxygens (including phenoxy) is 2. The largest absolute Gasteiger partial charge is 0.417 e. The van der Waals surface area contributed by atoms with Gasteiger partial charge in [-0.25, -0.2) is 23.1 Å². The highest BCUT2D eigenvalue weighted by molar-refractivity contribution is 5.76. The van der Waals surface area contributed by atoms with E-state index in [4.69, 9.17) is 15.2 Å². The second kappa shape index (κ2) is 8.57. The summed E-state index contributed by atoms with van der Waals surface area (Å²) in [5.74, 6) is -3.11. The number of fused-ring (bicyclic) bond motifs is 1. The van der Waals surface area contributed by atoms with Gasteiger partial charge < -0.3 is 25.4 Å². The van der Waals surface area contributed by atoms with Crippen LogP contribution in [0.2, 0.25) is 0 Å². The number of methoxy groups -OCH3 is 1. The Bertz CT molecular complexity index is 1060. The zero-order chi connectivity index (χ0) is 24.9. The average molecular weight is 492 g/mol. The Labute approximate surface area is 191 Å². The third-order valence-corrected chi connectivity index (χ3v) is 6.09. The lowest BCUT2D eigenvalue weighted by Crippen LogP contribution is -2.58. The molecule has 0 bridgehead atoms. The Hall–Kier alpha value is -2.58. The molecule has 34 heavy (non-hydrogen) atoms. The van der Waals surface area contributed by atoms with Gasteiger partial charge in [0.25, 0.3) is 5.92 Å². The number of nitrogens with two attached hydrogens (primary N) is 1. The molecule has 1 saturated carbocycles. The smallest absolute Gasteiger partial charge is 0.382 e. The number of alkyl halides is 5. The minimum atomic E-state index is -4.48. The van der Waals surface area contributed by atoms with Gasteiger partial charge in [-0.2, -0.15) is 18.3 Å². The summed E-state index contributed by atoms with van der Waals surface area (Å²) >= 11 is 0. The molecule has 2 aromatic heterocycles. The van der Waals surface area contributed by atoms with E-state index in [0.29, 0.717) is 5.56 Å². The molecule has 14 heteroatoms. The number of nitrogens with one attached hydrogen (secondary N) is 1. The molecule has 1 saturated heterocycles. The van der Waals surface area contributed by atoms with Crippen molar-refractivity contribution in [3.63, 3.8) is 0 Å². The van der Waals surface area contributed by atoms with Gasteiger partial charge in [0.2, 0.25) is 0 Å². The van der Waals surface area contributed by atoms with Gasteiger partial charge in [-0.1, -0.05) is 0 Å². The first kappa shape index (κ1) is 24.5. The van der Waals surface area contributed by atoms with Gasteiger partial charge in [0.15, 0.2) is 11.2 Å². The lowest BCUT2D eigenvalue weighted by Gasteiger charge is -2.38. The molecule has 2 amide bonds. The van der Waals surface area contributed by atoms with Gasteiger partial charge in [-0.05, 0) is 25.8 Å². The van der Waals surface area contributed by atoms with Crippen LogP contribution in [0.1, 0.15) is 43.1 Å². The molecule has 0 aromatic carbocycles. The molecule has 2 fully saturated rings. The molecule has 1 aliphatic carbocycles. The number of urea groups is 1. The topological polar surface area (TPSA) is 107 Å². The van der Waals surface area contributed by atoms with Gasteiger partial charge in [0, 0.05) is 12.7 Å². The Morgan fingerprint density at radius 1 is 1.32 bits per heavy atom. The SMILES string of the molecule is COC[C@H](c1cnn2cc([C@@H](N)C(C)OC3(C(F)(F)F)CC3)nc2c1)N1CC(F)(F)CNC1=O. The number of halogens is 5. The van der Waals surface area contributed by atoms with Gasteiger partial charge in [-0.3, -0.25) is 0 Å². The summed E-state index contributed by atoms with van der Waals surface area (Å²) in [6.45, 7) is -0.170. The fourth-order valence-electron chi connectivity index (χ4n) is 3.96. The summed E-state index contributed by atoms with van der Waals surface area (Å²) in [7, 11) is 1.38. The molecule has 3 N–H and O–H groups in total. The van der Waals surface area contributed by atoms with Crippen molar-refractivity contribution < 1.29 is 36.2 Å². The Morgan fingerprint density at radius 3 is 2.65 bits per heavy atom. The second-order valence-corrected chi connectivity index (χ2v) is 8.71. The number of imidazole rings is 1. The van der Waals surface area contributed by atoms with Gasteiger partial charge >= 0.3 is 12.2 Å². The van der Waals surface area contributed by atoms with Crippen LogP contribution >= 0.6 is 0 Å². The van der Waals surface area contributed by atoms with Crippen molar-refractivity contribution in [2.24, 2.45) is 5.73 Å². The third-order valence-electron chi connectivity index (χ3n) is 6.09. The first-order chi connectivity index (χ1) is 15.9. The maximum atomic E-state index is 13.9. The van der Waals surface area contributed by atoms with Crippen LogP contribution in [0.3, 0.4) is 0 Å². The maximum Gasteiger partial charge on any atom is 0.417 e. The van der Waals surface area contributed by atoms with E-state index in [9.17, 15) is 26.7 Å². The summed E-state index contributed by atoms with van der Waals surface area (Å²) in [4.78, 5) is 17.6. The predicted molar refractivity (Wildman–Crippen MR) is 108 cm³/mol. The zero-order valence-corrected chi connectivity index (χ0v) is 18.5. The quantitative estimate of drug-likeness (QED) is 0.549. The van der Waals surface area contributed by atoms with Crippen LogP contribution in [0, 0.1) is 0 Å². The van der Waals surface area contributed by atoms with Crippen molar-refractivity contribution >= 4 is 11.7 Å². The van der Waals surface area contributed by atoms with Crippen LogP contribution in [0.15, 0.2) is 18.5 Å². The number of amides is 2. The van der Waals surface area contributed by atoms with E-state index in [1.54, 1.807) is 0 Å².